The quantitative estimate of drug-likeness (QED) is 0.833. The number of carbonyl (C=O) groups is 1. The predicted octanol–water partition coefficient (Wildman–Crippen LogP) is 2.36. The van der Waals surface area contributed by atoms with Gasteiger partial charge in [0.15, 0.2) is 0 Å². The third-order valence-corrected chi connectivity index (χ3v) is 7.12. The zero-order valence-electron chi connectivity index (χ0n) is 14.2. The maximum absolute atomic E-state index is 12.9. The second kappa shape index (κ2) is 5.31. The summed E-state index contributed by atoms with van der Waals surface area (Å²) in [6.45, 7) is 6.99. The first-order valence-electron chi connectivity index (χ1n) is 8.08. The average molecular weight is 336 g/mol. The van der Waals surface area contributed by atoms with Crippen molar-refractivity contribution in [3.05, 3.63) is 23.8 Å². The first-order chi connectivity index (χ1) is 10.7. The minimum absolute atomic E-state index is 0.00570. The molecule has 1 amide bonds. The van der Waals surface area contributed by atoms with Gasteiger partial charge >= 0.3 is 0 Å². The highest BCUT2D eigenvalue weighted by Crippen LogP contribution is 2.42. The van der Waals surface area contributed by atoms with Crippen LogP contribution in [0.25, 0.3) is 0 Å². The number of sulfonamides is 1. The van der Waals surface area contributed by atoms with Crippen molar-refractivity contribution >= 4 is 21.6 Å². The molecular weight excluding hydrogens is 312 g/mol. The molecule has 2 heterocycles. The van der Waals surface area contributed by atoms with Gasteiger partial charge in [0.1, 0.15) is 0 Å². The fraction of sp³-hybridized carbons (Fsp3) is 0.588. The zero-order chi connectivity index (χ0) is 17.0. The van der Waals surface area contributed by atoms with Crippen molar-refractivity contribution in [2.75, 3.05) is 25.0 Å². The standard InChI is InChI=1S/C17H24N2O3S/c1-12-7-9-19(10-8-12)23(21,22)13-5-6-15-14(11-13)17(2,3)16(20)18(15)4/h5-6,11-12H,7-10H2,1-4H3. The number of nitrogens with zero attached hydrogens (tertiary/aromatic N) is 2. The van der Waals surface area contributed by atoms with Gasteiger partial charge in [-0.25, -0.2) is 8.42 Å². The fourth-order valence-electron chi connectivity index (χ4n) is 3.49. The third kappa shape index (κ3) is 2.48. The molecular formula is C17H24N2O3S. The van der Waals surface area contributed by atoms with Crippen LogP contribution in [0.4, 0.5) is 5.69 Å². The molecule has 23 heavy (non-hydrogen) atoms. The van der Waals surface area contributed by atoms with Crippen molar-refractivity contribution in [3.8, 4) is 0 Å². The predicted molar refractivity (Wildman–Crippen MR) is 90.0 cm³/mol. The highest BCUT2D eigenvalue weighted by molar-refractivity contribution is 7.89. The van der Waals surface area contributed by atoms with E-state index in [1.165, 1.54) is 0 Å². The van der Waals surface area contributed by atoms with Crippen LogP contribution < -0.4 is 4.90 Å². The molecule has 5 nitrogen and oxygen atoms in total. The van der Waals surface area contributed by atoms with Gasteiger partial charge in [0.2, 0.25) is 15.9 Å². The van der Waals surface area contributed by atoms with Crippen LogP contribution in [0.1, 0.15) is 39.2 Å². The van der Waals surface area contributed by atoms with Crippen LogP contribution in [-0.2, 0) is 20.2 Å². The largest absolute Gasteiger partial charge is 0.314 e. The lowest BCUT2D eigenvalue weighted by Crippen LogP contribution is -2.38. The molecule has 6 heteroatoms. The van der Waals surface area contributed by atoms with E-state index in [4.69, 9.17) is 0 Å². The Morgan fingerprint density at radius 3 is 2.39 bits per heavy atom. The number of benzene rings is 1. The van der Waals surface area contributed by atoms with Crippen LogP contribution in [-0.4, -0.2) is 38.8 Å². The smallest absolute Gasteiger partial charge is 0.243 e. The van der Waals surface area contributed by atoms with E-state index < -0.39 is 15.4 Å². The molecule has 0 radical (unpaired) electrons. The summed E-state index contributed by atoms with van der Waals surface area (Å²) in [5.74, 6) is 0.570. The molecule has 0 spiro atoms. The summed E-state index contributed by atoms with van der Waals surface area (Å²) < 4.78 is 27.4. The zero-order valence-corrected chi connectivity index (χ0v) is 15.0. The Morgan fingerprint density at radius 2 is 1.78 bits per heavy atom. The second-order valence-electron chi connectivity index (χ2n) is 7.25. The van der Waals surface area contributed by atoms with E-state index in [2.05, 4.69) is 6.92 Å². The van der Waals surface area contributed by atoms with Gasteiger partial charge in [-0.2, -0.15) is 4.31 Å². The lowest BCUT2D eigenvalue weighted by molar-refractivity contribution is -0.121. The van der Waals surface area contributed by atoms with Gasteiger partial charge in [0, 0.05) is 25.8 Å². The molecule has 0 bridgehead atoms. The highest BCUT2D eigenvalue weighted by Gasteiger charge is 2.43. The maximum atomic E-state index is 12.9. The molecule has 1 saturated heterocycles. The summed E-state index contributed by atoms with van der Waals surface area (Å²) in [6.07, 6.45) is 1.80. The summed E-state index contributed by atoms with van der Waals surface area (Å²) in [5, 5.41) is 0. The number of carbonyl (C=O) groups excluding carboxylic acids is 1. The maximum Gasteiger partial charge on any atom is 0.243 e. The van der Waals surface area contributed by atoms with Crippen LogP contribution in [0, 0.1) is 5.92 Å². The molecule has 1 fully saturated rings. The monoisotopic (exact) mass is 336 g/mol. The van der Waals surface area contributed by atoms with Crippen LogP contribution in [0.5, 0.6) is 0 Å². The SMILES string of the molecule is CC1CCN(S(=O)(=O)c2ccc3c(c2)C(C)(C)C(=O)N3C)CC1. The Balaban J connectivity index is 2.00. The normalized spacial score (nSPS) is 22.4. The van der Waals surface area contributed by atoms with Gasteiger partial charge in [0.25, 0.3) is 0 Å². The van der Waals surface area contributed by atoms with Crippen molar-refractivity contribution in [2.45, 2.75) is 43.9 Å². The summed E-state index contributed by atoms with van der Waals surface area (Å²) in [4.78, 5) is 14.2. The van der Waals surface area contributed by atoms with Gasteiger partial charge < -0.3 is 4.90 Å². The van der Waals surface area contributed by atoms with Crippen LogP contribution in [0.15, 0.2) is 23.1 Å². The van der Waals surface area contributed by atoms with Gasteiger partial charge in [-0.05, 0) is 56.4 Å². The summed E-state index contributed by atoms with van der Waals surface area (Å²) >= 11 is 0. The number of piperidine rings is 1. The second-order valence-corrected chi connectivity index (χ2v) is 9.19. The Kier molecular flexibility index (Phi) is 3.80. The fourth-order valence-corrected chi connectivity index (χ4v) is 4.98. The van der Waals surface area contributed by atoms with E-state index in [9.17, 15) is 13.2 Å². The van der Waals surface area contributed by atoms with E-state index in [1.54, 1.807) is 34.5 Å². The number of hydrogen-bond acceptors (Lipinski definition) is 3. The molecule has 0 aliphatic carbocycles. The number of fused-ring (bicyclic) bond motifs is 1. The Morgan fingerprint density at radius 1 is 1.17 bits per heavy atom. The lowest BCUT2D eigenvalue weighted by atomic mass is 9.86. The number of rotatable bonds is 2. The van der Waals surface area contributed by atoms with Crippen molar-refractivity contribution in [2.24, 2.45) is 5.92 Å². The molecule has 0 saturated carbocycles. The molecule has 126 valence electrons. The van der Waals surface area contributed by atoms with Crippen molar-refractivity contribution in [3.63, 3.8) is 0 Å². The highest BCUT2D eigenvalue weighted by atomic mass is 32.2. The van der Waals surface area contributed by atoms with Gasteiger partial charge in [0.05, 0.1) is 10.3 Å². The molecule has 0 aromatic heterocycles. The van der Waals surface area contributed by atoms with Crippen LogP contribution in [0.3, 0.4) is 0 Å². The average Bonchev–Trinajstić information content (AvgIpc) is 2.69. The molecule has 2 aliphatic heterocycles. The van der Waals surface area contributed by atoms with E-state index in [0.717, 1.165) is 24.1 Å². The molecule has 2 aliphatic rings. The topological polar surface area (TPSA) is 57.7 Å². The first-order valence-corrected chi connectivity index (χ1v) is 9.52. The van der Waals surface area contributed by atoms with Gasteiger partial charge in [-0.15, -0.1) is 0 Å². The van der Waals surface area contributed by atoms with Crippen LogP contribution in [0.2, 0.25) is 0 Å². The summed E-state index contributed by atoms with van der Waals surface area (Å²) in [5.41, 5.74) is 0.897. The van der Waals surface area contributed by atoms with E-state index in [-0.39, 0.29) is 5.91 Å². The minimum atomic E-state index is -3.49. The molecule has 0 N–H and O–H groups in total. The number of amides is 1. The molecule has 3 rings (SSSR count). The molecule has 1 aromatic rings. The molecule has 0 unspecified atom stereocenters. The Labute approximate surface area is 138 Å². The van der Waals surface area contributed by atoms with Gasteiger partial charge in [-0.3, -0.25) is 4.79 Å². The van der Waals surface area contributed by atoms with E-state index >= 15 is 0 Å². The summed E-state index contributed by atoms with van der Waals surface area (Å²) in [6, 6.07) is 5.06. The van der Waals surface area contributed by atoms with Crippen molar-refractivity contribution in [1.29, 1.82) is 0 Å². The Hall–Kier alpha value is -1.40. The van der Waals surface area contributed by atoms with Crippen LogP contribution >= 0.6 is 0 Å². The van der Waals surface area contributed by atoms with E-state index in [0.29, 0.717) is 23.9 Å². The third-order valence-electron chi connectivity index (χ3n) is 5.22. The summed E-state index contributed by atoms with van der Waals surface area (Å²) in [7, 11) is -1.76. The van der Waals surface area contributed by atoms with Crippen molar-refractivity contribution < 1.29 is 13.2 Å². The Bertz CT molecular complexity index is 747. The number of hydrogen-bond donors (Lipinski definition) is 0. The molecule has 1 aromatic carbocycles. The first kappa shape index (κ1) is 16.5. The number of anilines is 1. The van der Waals surface area contributed by atoms with Gasteiger partial charge in [-0.1, -0.05) is 6.92 Å². The van der Waals surface area contributed by atoms with E-state index in [1.807, 2.05) is 13.8 Å². The van der Waals surface area contributed by atoms with Crippen molar-refractivity contribution in [1.82, 2.24) is 4.31 Å². The molecule has 0 atom stereocenters. The number of likely N-dealkylation sites (N-methyl/N-ethyl adjacent to an activating group) is 1. The minimum Gasteiger partial charge on any atom is -0.314 e. The lowest BCUT2D eigenvalue weighted by Gasteiger charge is -2.29.